The molecule has 0 unspecified atom stereocenters. The van der Waals surface area contributed by atoms with Gasteiger partial charge in [-0.15, -0.1) is 0 Å². The van der Waals surface area contributed by atoms with Gasteiger partial charge in [0, 0.05) is 18.5 Å². The van der Waals surface area contributed by atoms with E-state index >= 15 is 0 Å². The fourth-order valence-corrected chi connectivity index (χ4v) is 4.94. The van der Waals surface area contributed by atoms with Gasteiger partial charge in [-0.25, -0.2) is 0 Å². The summed E-state index contributed by atoms with van der Waals surface area (Å²) in [6, 6.07) is 30.6. The maximum Gasteiger partial charge on any atom is 0.261 e. The van der Waals surface area contributed by atoms with Gasteiger partial charge in [-0.1, -0.05) is 91.0 Å². The average molecular weight is 574 g/mol. The second kappa shape index (κ2) is 12.3. The summed E-state index contributed by atoms with van der Waals surface area (Å²) in [4.78, 5) is 29.1. The van der Waals surface area contributed by atoms with E-state index in [1.165, 1.54) is 0 Å². The first-order chi connectivity index (χ1) is 18.2. The predicted octanol–water partition coefficient (Wildman–Crippen LogP) is 6.54. The summed E-state index contributed by atoms with van der Waals surface area (Å²) < 4.78 is 6.83. The van der Waals surface area contributed by atoms with Gasteiger partial charge in [-0.05, 0) is 64.7 Å². The molecule has 5 nitrogen and oxygen atoms in total. The Morgan fingerprint density at radius 1 is 0.842 bits per heavy atom. The molecule has 0 bridgehead atoms. The highest BCUT2D eigenvalue weighted by molar-refractivity contribution is 9.10. The van der Waals surface area contributed by atoms with Gasteiger partial charge in [0.15, 0.2) is 6.61 Å². The molecule has 0 spiro atoms. The van der Waals surface area contributed by atoms with Gasteiger partial charge in [-0.3, -0.25) is 9.59 Å². The number of nitrogens with one attached hydrogen (secondary N) is 1. The van der Waals surface area contributed by atoms with E-state index < -0.39 is 11.6 Å². The number of hydrogen-bond donors (Lipinski definition) is 1. The van der Waals surface area contributed by atoms with Gasteiger partial charge in [0.05, 0.1) is 4.47 Å². The number of hydrogen-bond acceptors (Lipinski definition) is 3. The molecule has 4 rings (SSSR count). The molecule has 0 saturated carbocycles. The van der Waals surface area contributed by atoms with Crippen LogP contribution in [0.2, 0.25) is 0 Å². The van der Waals surface area contributed by atoms with Crippen molar-refractivity contribution in [1.29, 1.82) is 0 Å². The molecule has 0 saturated heterocycles. The van der Waals surface area contributed by atoms with Crippen molar-refractivity contribution in [3.63, 3.8) is 0 Å². The van der Waals surface area contributed by atoms with Crippen LogP contribution < -0.4 is 10.1 Å². The number of halogens is 1. The van der Waals surface area contributed by atoms with E-state index in [-0.39, 0.29) is 25.0 Å². The van der Waals surface area contributed by atoms with Crippen LogP contribution in [0.3, 0.4) is 0 Å². The molecule has 4 aromatic carbocycles. The zero-order valence-corrected chi connectivity index (χ0v) is 23.6. The van der Waals surface area contributed by atoms with Crippen molar-refractivity contribution in [2.45, 2.75) is 45.3 Å². The number of nitrogens with zero attached hydrogens (tertiary/aromatic N) is 1. The van der Waals surface area contributed by atoms with Crippen LogP contribution in [0, 0.1) is 0 Å². The summed E-state index contributed by atoms with van der Waals surface area (Å²) in [6.45, 7) is 5.91. The minimum Gasteiger partial charge on any atom is -0.483 e. The molecule has 2 amide bonds. The number of carbonyl (C=O) groups excluding carboxylic acids is 2. The molecule has 0 radical (unpaired) electrons. The summed E-state index contributed by atoms with van der Waals surface area (Å²) >= 11 is 3.64. The Morgan fingerprint density at radius 2 is 1.45 bits per heavy atom. The lowest BCUT2D eigenvalue weighted by atomic mass is 10.0. The molecule has 0 aromatic heterocycles. The second-order valence-electron chi connectivity index (χ2n) is 10.3. The smallest absolute Gasteiger partial charge is 0.261 e. The normalized spacial score (nSPS) is 12.1. The molecular weight excluding hydrogens is 540 g/mol. The summed E-state index contributed by atoms with van der Waals surface area (Å²) in [7, 11) is 0. The van der Waals surface area contributed by atoms with E-state index in [0.29, 0.717) is 12.2 Å². The summed E-state index contributed by atoms with van der Waals surface area (Å²) in [5.41, 5.74) is 1.47. The Morgan fingerprint density at radius 3 is 2.11 bits per heavy atom. The van der Waals surface area contributed by atoms with Crippen LogP contribution in [0.15, 0.2) is 102 Å². The highest BCUT2D eigenvalue weighted by Gasteiger charge is 2.32. The molecule has 6 heteroatoms. The van der Waals surface area contributed by atoms with Gasteiger partial charge < -0.3 is 15.0 Å². The fourth-order valence-electron chi connectivity index (χ4n) is 4.33. The van der Waals surface area contributed by atoms with Crippen molar-refractivity contribution in [2.24, 2.45) is 0 Å². The van der Waals surface area contributed by atoms with E-state index in [2.05, 4.69) is 21.2 Å². The largest absolute Gasteiger partial charge is 0.483 e. The average Bonchev–Trinajstić information content (AvgIpc) is 2.90. The van der Waals surface area contributed by atoms with Crippen molar-refractivity contribution in [3.05, 3.63) is 113 Å². The molecule has 1 N–H and O–H groups in total. The highest BCUT2D eigenvalue weighted by atomic mass is 79.9. The molecule has 4 aromatic rings. The van der Waals surface area contributed by atoms with Crippen LogP contribution in [0.1, 0.15) is 31.9 Å². The van der Waals surface area contributed by atoms with Crippen molar-refractivity contribution < 1.29 is 14.3 Å². The third-order valence-corrected chi connectivity index (χ3v) is 6.96. The Bertz CT molecular complexity index is 1380. The number of ether oxygens (including phenoxy) is 1. The number of amides is 2. The number of carbonyl (C=O) groups is 2. The standard InChI is InChI=1S/C32H33BrN2O3/c1-32(2,3)34-31(37)27(20-23-12-6-4-7-13-23)35(21-24-14-8-5-9-15-24)29(36)22-38-28-19-18-25-16-10-11-17-26(25)30(28)33/h4-19,27H,20-22H2,1-3H3,(H,34,37)/t27-/m0/s1. The third-order valence-electron chi connectivity index (χ3n) is 6.14. The SMILES string of the molecule is CC(C)(C)NC(=O)[C@H](Cc1ccccc1)N(Cc1ccccc1)C(=O)COc1ccc2ccccc2c1Br. The van der Waals surface area contributed by atoms with Crippen LogP contribution in [0.5, 0.6) is 5.75 Å². The first kappa shape index (κ1) is 27.4. The molecule has 0 aliphatic carbocycles. The molecule has 38 heavy (non-hydrogen) atoms. The number of fused-ring (bicyclic) bond motifs is 1. The maximum atomic E-state index is 13.8. The van der Waals surface area contributed by atoms with E-state index in [1.54, 1.807) is 4.90 Å². The monoisotopic (exact) mass is 572 g/mol. The Balaban J connectivity index is 1.64. The topological polar surface area (TPSA) is 58.6 Å². The van der Waals surface area contributed by atoms with E-state index in [0.717, 1.165) is 26.4 Å². The fraction of sp³-hybridized carbons (Fsp3) is 0.250. The lowest BCUT2D eigenvalue weighted by molar-refractivity contribution is -0.143. The first-order valence-electron chi connectivity index (χ1n) is 12.7. The summed E-state index contributed by atoms with van der Waals surface area (Å²) in [5, 5.41) is 5.16. The Labute approximate surface area is 232 Å². The van der Waals surface area contributed by atoms with Crippen LogP contribution in [0.25, 0.3) is 10.8 Å². The summed E-state index contributed by atoms with van der Waals surface area (Å²) in [5.74, 6) is 0.117. The first-order valence-corrected chi connectivity index (χ1v) is 13.5. The van der Waals surface area contributed by atoms with E-state index in [4.69, 9.17) is 4.74 Å². The van der Waals surface area contributed by atoms with Crippen LogP contribution in [-0.4, -0.2) is 34.9 Å². The lowest BCUT2D eigenvalue weighted by Gasteiger charge is -2.33. The van der Waals surface area contributed by atoms with Crippen LogP contribution >= 0.6 is 15.9 Å². The zero-order chi connectivity index (χ0) is 27.1. The van der Waals surface area contributed by atoms with Gasteiger partial charge >= 0.3 is 0 Å². The second-order valence-corrected chi connectivity index (χ2v) is 11.1. The number of benzene rings is 4. The predicted molar refractivity (Wildman–Crippen MR) is 156 cm³/mol. The van der Waals surface area contributed by atoms with Crippen molar-refractivity contribution in [1.82, 2.24) is 10.2 Å². The Hall–Kier alpha value is -3.64. The highest BCUT2D eigenvalue weighted by Crippen LogP contribution is 2.33. The number of rotatable bonds is 9. The minimum absolute atomic E-state index is 0.197. The molecule has 0 aliphatic rings. The van der Waals surface area contributed by atoms with Crippen LogP contribution in [-0.2, 0) is 22.6 Å². The van der Waals surface area contributed by atoms with Crippen LogP contribution in [0.4, 0.5) is 0 Å². The molecule has 0 fully saturated rings. The minimum atomic E-state index is -0.715. The maximum absolute atomic E-state index is 13.8. The third kappa shape index (κ3) is 7.23. The van der Waals surface area contributed by atoms with Gasteiger partial charge in [0.1, 0.15) is 11.8 Å². The lowest BCUT2D eigenvalue weighted by Crippen LogP contribution is -2.55. The van der Waals surface area contributed by atoms with E-state index in [1.807, 2.05) is 118 Å². The zero-order valence-electron chi connectivity index (χ0n) is 22.0. The van der Waals surface area contributed by atoms with E-state index in [9.17, 15) is 9.59 Å². The molecular formula is C32H33BrN2O3. The van der Waals surface area contributed by atoms with Crippen molar-refractivity contribution in [2.75, 3.05) is 6.61 Å². The van der Waals surface area contributed by atoms with Gasteiger partial charge in [0.25, 0.3) is 5.91 Å². The Kier molecular flexibility index (Phi) is 8.85. The quantitative estimate of drug-likeness (QED) is 0.248. The van der Waals surface area contributed by atoms with Gasteiger partial charge in [0.2, 0.25) is 5.91 Å². The van der Waals surface area contributed by atoms with Crippen molar-refractivity contribution >= 4 is 38.5 Å². The molecule has 196 valence electrons. The van der Waals surface area contributed by atoms with Crippen molar-refractivity contribution in [3.8, 4) is 5.75 Å². The molecule has 0 aliphatic heterocycles. The summed E-state index contributed by atoms with van der Waals surface area (Å²) in [6.07, 6.45) is 0.390. The van der Waals surface area contributed by atoms with Gasteiger partial charge in [-0.2, -0.15) is 0 Å². The molecule has 0 heterocycles. The molecule has 1 atom stereocenters.